The molecule has 0 radical (unpaired) electrons. The molecule has 0 spiro atoms. The summed E-state index contributed by atoms with van der Waals surface area (Å²) in [5.41, 5.74) is 1.04. The molecule has 0 N–H and O–H groups in total. The first-order chi connectivity index (χ1) is 8.76. The van der Waals surface area contributed by atoms with Gasteiger partial charge in [0.05, 0.1) is 20.6 Å². The summed E-state index contributed by atoms with van der Waals surface area (Å²) < 4.78 is 15.6. The van der Waals surface area contributed by atoms with Crippen molar-refractivity contribution in [3.05, 3.63) is 35.5 Å². The third kappa shape index (κ3) is 2.61. The van der Waals surface area contributed by atoms with Gasteiger partial charge in [0.1, 0.15) is 0 Å². The van der Waals surface area contributed by atoms with Crippen molar-refractivity contribution in [1.82, 2.24) is 10.1 Å². The summed E-state index contributed by atoms with van der Waals surface area (Å²) in [5.74, 6) is 2.75. The minimum Gasteiger partial charge on any atom is -0.493 e. The summed E-state index contributed by atoms with van der Waals surface area (Å²) in [6, 6.07) is 5.73. The largest absolute Gasteiger partial charge is 0.493 e. The Balaban J connectivity index is 2.18. The fraction of sp³-hybridized carbons (Fsp3) is 0.385. The summed E-state index contributed by atoms with van der Waals surface area (Å²) in [6.45, 7) is 1.99. The molecule has 0 aliphatic rings. The quantitative estimate of drug-likeness (QED) is 0.812. The second-order valence-corrected chi connectivity index (χ2v) is 3.82. The zero-order chi connectivity index (χ0) is 13.0. The molecule has 0 saturated heterocycles. The number of hydrogen-bond acceptors (Lipinski definition) is 5. The van der Waals surface area contributed by atoms with Crippen LogP contribution in [-0.2, 0) is 12.8 Å². The van der Waals surface area contributed by atoms with E-state index in [0.717, 1.165) is 17.8 Å². The van der Waals surface area contributed by atoms with Crippen LogP contribution in [0.15, 0.2) is 22.7 Å². The van der Waals surface area contributed by atoms with Gasteiger partial charge in [0.25, 0.3) is 0 Å². The van der Waals surface area contributed by atoms with Crippen molar-refractivity contribution in [3.8, 4) is 11.5 Å². The normalized spacial score (nSPS) is 10.4. The molecule has 0 saturated carbocycles. The van der Waals surface area contributed by atoms with Crippen LogP contribution < -0.4 is 9.47 Å². The highest BCUT2D eigenvalue weighted by Gasteiger charge is 2.09. The standard InChI is InChI=1S/C13H16N2O3/c1-4-12-14-13(18-15-12)8-9-5-6-10(16-2)11(7-9)17-3/h5-7H,4,8H2,1-3H3. The van der Waals surface area contributed by atoms with Gasteiger partial charge < -0.3 is 14.0 Å². The summed E-state index contributed by atoms with van der Waals surface area (Å²) in [7, 11) is 3.23. The van der Waals surface area contributed by atoms with Gasteiger partial charge in [-0.1, -0.05) is 18.1 Å². The van der Waals surface area contributed by atoms with Crippen molar-refractivity contribution in [1.29, 1.82) is 0 Å². The highest BCUT2D eigenvalue weighted by atomic mass is 16.5. The van der Waals surface area contributed by atoms with Gasteiger partial charge in [0.2, 0.25) is 5.89 Å². The van der Waals surface area contributed by atoms with Crippen molar-refractivity contribution in [3.63, 3.8) is 0 Å². The van der Waals surface area contributed by atoms with Crippen molar-refractivity contribution < 1.29 is 14.0 Å². The molecule has 0 aliphatic heterocycles. The molecule has 1 heterocycles. The molecular weight excluding hydrogens is 232 g/mol. The Morgan fingerprint density at radius 3 is 2.56 bits per heavy atom. The summed E-state index contributed by atoms with van der Waals surface area (Å²) in [4.78, 5) is 4.27. The minimum atomic E-state index is 0.591. The van der Waals surface area contributed by atoms with Gasteiger partial charge in [-0.2, -0.15) is 4.98 Å². The van der Waals surface area contributed by atoms with Crippen LogP contribution in [0.2, 0.25) is 0 Å². The minimum absolute atomic E-state index is 0.591. The first kappa shape index (κ1) is 12.4. The Hall–Kier alpha value is -2.04. The maximum absolute atomic E-state index is 5.25. The van der Waals surface area contributed by atoms with Crippen LogP contribution in [0, 0.1) is 0 Å². The maximum Gasteiger partial charge on any atom is 0.231 e. The smallest absolute Gasteiger partial charge is 0.231 e. The Morgan fingerprint density at radius 1 is 1.17 bits per heavy atom. The SMILES string of the molecule is CCc1noc(Cc2ccc(OC)c(OC)c2)n1. The number of nitrogens with zero attached hydrogens (tertiary/aromatic N) is 2. The average Bonchev–Trinajstić information content (AvgIpc) is 2.86. The van der Waals surface area contributed by atoms with E-state index in [4.69, 9.17) is 14.0 Å². The number of rotatable bonds is 5. The van der Waals surface area contributed by atoms with Gasteiger partial charge in [0, 0.05) is 6.42 Å². The molecule has 96 valence electrons. The highest BCUT2D eigenvalue weighted by Crippen LogP contribution is 2.28. The van der Waals surface area contributed by atoms with E-state index in [9.17, 15) is 0 Å². The zero-order valence-corrected chi connectivity index (χ0v) is 10.8. The van der Waals surface area contributed by atoms with E-state index in [1.807, 2.05) is 25.1 Å². The Labute approximate surface area is 106 Å². The van der Waals surface area contributed by atoms with Crippen molar-refractivity contribution in [2.24, 2.45) is 0 Å². The number of benzene rings is 1. The second-order valence-electron chi connectivity index (χ2n) is 3.82. The van der Waals surface area contributed by atoms with Crippen LogP contribution >= 0.6 is 0 Å². The molecule has 5 nitrogen and oxygen atoms in total. The molecule has 2 aromatic rings. The Kier molecular flexibility index (Phi) is 3.82. The van der Waals surface area contributed by atoms with E-state index in [-0.39, 0.29) is 0 Å². The van der Waals surface area contributed by atoms with Gasteiger partial charge in [-0.3, -0.25) is 0 Å². The molecule has 5 heteroatoms. The van der Waals surface area contributed by atoms with E-state index in [2.05, 4.69) is 10.1 Å². The Bertz CT molecular complexity index is 523. The van der Waals surface area contributed by atoms with Crippen LogP contribution in [0.5, 0.6) is 11.5 Å². The summed E-state index contributed by atoms with van der Waals surface area (Å²) >= 11 is 0. The fourth-order valence-corrected chi connectivity index (χ4v) is 1.67. The third-order valence-electron chi connectivity index (χ3n) is 2.63. The predicted molar refractivity (Wildman–Crippen MR) is 66.0 cm³/mol. The lowest BCUT2D eigenvalue weighted by Crippen LogP contribution is -1.94. The van der Waals surface area contributed by atoms with Gasteiger partial charge >= 0.3 is 0 Å². The molecule has 18 heavy (non-hydrogen) atoms. The van der Waals surface area contributed by atoms with Gasteiger partial charge in [-0.05, 0) is 17.7 Å². The van der Waals surface area contributed by atoms with Gasteiger partial charge in [-0.25, -0.2) is 0 Å². The number of methoxy groups -OCH3 is 2. The molecule has 2 rings (SSSR count). The average molecular weight is 248 g/mol. The van der Waals surface area contributed by atoms with E-state index < -0.39 is 0 Å². The molecule has 0 unspecified atom stereocenters. The van der Waals surface area contributed by atoms with Crippen molar-refractivity contribution >= 4 is 0 Å². The van der Waals surface area contributed by atoms with E-state index in [1.165, 1.54) is 0 Å². The molecule has 0 fully saturated rings. The predicted octanol–water partition coefficient (Wildman–Crippen LogP) is 2.24. The van der Waals surface area contributed by atoms with Crippen LogP contribution in [0.4, 0.5) is 0 Å². The zero-order valence-electron chi connectivity index (χ0n) is 10.8. The number of hydrogen-bond donors (Lipinski definition) is 0. The first-order valence-corrected chi connectivity index (χ1v) is 5.79. The molecule has 0 bridgehead atoms. The first-order valence-electron chi connectivity index (χ1n) is 5.79. The molecule has 1 aromatic carbocycles. The van der Waals surface area contributed by atoms with Gasteiger partial charge in [0.15, 0.2) is 17.3 Å². The van der Waals surface area contributed by atoms with E-state index in [1.54, 1.807) is 14.2 Å². The number of aromatic nitrogens is 2. The van der Waals surface area contributed by atoms with Crippen LogP contribution in [0.1, 0.15) is 24.2 Å². The van der Waals surface area contributed by atoms with Crippen molar-refractivity contribution in [2.45, 2.75) is 19.8 Å². The fourth-order valence-electron chi connectivity index (χ4n) is 1.67. The second kappa shape index (κ2) is 5.53. The lowest BCUT2D eigenvalue weighted by atomic mass is 10.1. The molecule has 0 amide bonds. The number of aryl methyl sites for hydroxylation is 1. The van der Waals surface area contributed by atoms with Crippen LogP contribution in [-0.4, -0.2) is 24.4 Å². The lowest BCUT2D eigenvalue weighted by Gasteiger charge is -2.08. The molecular formula is C13H16N2O3. The highest BCUT2D eigenvalue weighted by molar-refractivity contribution is 5.43. The molecule has 1 aromatic heterocycles. The maximum atomic E-state index is 5.25. The molecule has 0 atom stereocenters. The summed E-state index contributed by atoms with van der Waals surface area (Å²) in [5, 5.41) is 3.87. The summed E-state index contributed by atoms with van der Waals surface area (Å²) in [6.07, 6.45) is 1.36. The van der Waals surface area contributed by atoms with Gasteiger partial charge in [-0.15, -0.1) is 0 Å². The van der Waals surface area contributed by atoms with Crippen LogP contribution in [0.3, 0.4) is 0 Å². The monoisotopic (exact) mass is 248 g/mol. The van der Waals surface area contributed by atoms with Crippen molar-refractivity contribution in [2.75, 3.05) is 14.2 Å². The van der Waals surface area contributed by atoms with Crippen LogP contribution in [0.25, 0.3) is 0 Å². The third-order valence-corrected chi connectivity index (χ3v) is 2.63. The number of ether oxygens (including phenoxy) is 2. The van der Waals surface area contributed by atoms with E-state index >= 15 is 0 Å². The topological polar surface area (TPSA) is 57.4 Å². The Morgan fingerprint density at radius 2 is 1.94 bits per heavy atom. The molecule has 0 aliphatic carbocycles. The lowest BCUT2D eigenvalue weighted by molar-refractivity contribution is 0.354. The van der Waals surface area contributed by atoms with E-state index in [0.29, 0.717) is 23.8 Å².